The van der Waals surface area contributed by atoms with Crippen molar-refractivity contribution in [3.8, 4) is 0 Å². The Hall–Kier alpha value is -2.38. The summed E-state index contributed by atoms with van der Waals surface area (Å²) in [5, 5.41) is 11.5. The molecule has 0 saturated heterocycles. The monoisotopic (exact) mass is 412 g/mol. The van der Waals surface area contributed by atoms with Crippen LogP contribution < -0.4 is 11.1 Å². The standard InChI is InChI=1S/C22H28N4O2S/c1-22(23,15-16-9-5-3-6-10-16)21-26-25-20(28-21)18(13-14-29-2)24-19(27)17-11-7-4-8-12-17/h3-7,9-11,18H,8,12-15,23H2,1-2H3,(H,24,27)/t18?,22-/m1/s1. The highest BCUT2D eigenvalue weighted by Gasteiger charge is 2.30. The molecule has 3 rings (SSSR count). The smallest absolute Gasteiger partial charge is 0.247 e. The minimum Gasteiger partial charge on any atom is -0.421 e. The fourth-order valence-electron chi connectivity index (χ4n) is 3.24. The Morgan fingerprint density at radius 3 is 2.83 bits per heavy atom. The largest absolute Gasteiger partial charge is 0.421 e. The first-order chi connectivity index (χ1) is 14.0. The van der Waals surface area contributed by atoms with Crippen molar-refractivity contribution in [3.05, 3.63) is 71.5 Å². The Labute approximate surface area is 176 Å². The second kappa shape index (κ2) is 9.89. The second-order valence-corrected chi connectivity index (χ2v) is 8.48. The molecular formula is C22H28N4O2S. The molecule has 1 unspecified atom stereocenters. The third kappa shape index (κ3) is 5.81. The Balaban J connectivity index is 1.75. The van der Waals surface area contributed by atoms with Gasteiger partial charge in [-0.15, -0.1) is 10.2 Å². The number of nitrogens with two attached hydrogens (primary N) is 1. The Morgan fingerprint density at radius 2 is 2.14 bits per heavy atom. The van der Waals surface area contributed by atoms with E-state index in [0.717, 1.165) is 29.7 Å². The number of hydrogen-bond acceptors (Lipinski definition) is 6. The van der Waals surface area contributed by atoms with Crippen LogP contribution in [0.25, 0.3) is 0 Å². The minimum atomic E-state index is -0.794. The summed E-state index contributed by atoms with van der Waals surface area (Å²) in [7, 11) is 0. The molecule has 0 radical (unpaired) electrons. The quantitative estimate of drug-likeness (QED) is 0.653. The molecule has 1 aliphatic rings. The first kappa shape index (κ1) is 21.3. The molecule has 0 aliphatic heterocycles. The molecule has 2 aromatic rings. The van der Waals surface area contributed by atoms with Gasteiger partial charge in [0.25, 0.3) is 0 Å². The van der Waals surface area contributed by atoms with Crippen LogP contribution in [0.15, 0.2) is 58.6 Å². The number of amides is 1. The van der Waals surface area contributed by atoms with E-state index >= 15 is 0 Å². The van der Waals surface area contributed by atoms with Gasteiger partial charge in [-0.05, 0) is 50.2 Å². The van der Waals surface area contributed by atoms with E-state index < -0.39 is 5.54 Å². The predicted octanol–water partition coefficient (Wildman–Crippen LogP) is 3.67. The molecule has 0 bridgehead atoms. The molecule has 154 valence electrons. The SMILES string of the molecule is CSCCC(NC(=O)C1=CC=CCC1)c1nnc([C@](C)(N)Cc2ccccc2)o1. The van der Waals surface area contributed by atoms with Crippen molar-refractivity contribution in [1.82, 2.24) is 15.5 Å². The van der Waals surface area contributed by atoms with Gasteiger partial charge in [0, 0.05) is 5.57 Å². The van der Waals surface area contributed by atoms with E-state index in [1.54, 1.807) is 11.8 Å². The van der Waals surface area contributed by atoms with Gasteiger partial charge >= 0.3 is 0 Å². The van der Waals surface area contributed by atoms with Gasteiger partial charge in [-0.25, -0.2) is 0 Å². The fourth-order valence-corrected chi connectivity index (χ4v) is 3.71. The maximum Gasteiger partial charge on any atom is 0.247 e. The lowest BCUT2D eigenvalue weighted by atomic mass is 9.94. The second-order valence-electron chi connectivity index (χ2n) is 7.49. The zero-order valence-electron chi connectivity index (χ0n) is 16.9. The van der Waals surface area contributed by atoms with E-state index in [2.05, 4.69) is 21.6 Å². The van der Waals surface area contributed by atoms with Crippen LogP contribution in [0.3, 0.4) is 0 Å². The number of thioether (sulfide) groups is 1. The molecule has 1 heterocycles. The summed E-state index contributed by atoms with van der Waals surface area (Å²) in [5.41, 5.74) is 7.57. The Bertz CT molecular complexity index is 874. The van der Waals surface area contributed by atoms with Gasteiger partial charge in [-0.1, -0.05) is 48.6 Å². The molecule has 0 fully saturated rings. The lowest BCUT2D eigenvalue weighted by molar-refractivity contribution is -0.118. The number of rotatable bonds is 9. The maximum absolute atomic E-state index is 12.7. The summed E-state index contributed by atoms with van der Waals surface area (Å²) in [6.07, 6.45) is 10.8. The summed E-state index contributed by atoms with van der Waals surface area (Å²) in [5.74, 6) is 1.56. The van der Waals surface area contributed by atoms with E-state index in [9.17, 15) is 4.79 Å². The first-order valence-electron chi connectivity index (χ1n) is 9.82. The number of aromatic nitrogens is 2. The van der Waals surface area contributed by atoms with E-state index in [1.807, 2.05) is 55.7 Å². The van der Waals surface area contributed by atoms with Gasteiger partial charge in [0.1, 0.15) is 6.04 Å². The molecule has 1 aromatic carbocycles. The lowest BCUT2D eigenvalue weighted by Crippen LogP contribution is -2.36. The molecule has 0 spiro atoms. The molecule has 1 amide bonds. The summed E-state index contributed by atoms with van der Waals surface area (Å²) in [6.45, 7) is 1.88. The van der Waals surface area contributed by atoms with Gasteiger partial charge in [0.05, 0.1) is 5.54 Å². The topological polar surface area (TPSA) is 94.0 Å². The van der Waals surface area contributed by atoms with Gasteiger partial charge in [0.15, 0.2) is 0 Å². The zero-order valence-corrected chi connectivity index (χ0v) is 17.7. The van der Waals surface area contributed by atoms with Crippen molar-refractivity contribution in [3.63, 3.8) is 0 Å². The molecule has 29 heavy (non-hydrogen) atoms. The van der Waals surface area contributed by atoms with Gasteiger partial charge in [-0.3, -0.25) is 4.79 Å². The van der Waals surface area contributed by atoms with E-state index in [4.69, 9.17) is 10.2 Å². The van der Waals surface area contributed by atoms with Gasteiger partial charge in [0.2, 0.25) is 17.7 Å². The molecule has 0 saturated carbocycles. The Kier molecular flexibility index (Phi) is 7.28. The van der Waals surface area contributed by atoms with Crippen molar-refractivity contribution in [2.75, 3.05) is 12.0 Å². The number of nitrogens with zero attached hydrogens (tertiary/aromatic N) is 2. The number of carbonyl (C=O) groups excluding carboxylic acids is 1. The molecule has 1 aromatic heterocycles. The summed E-state index contributed by atoms with van der Waals surface area (Å²) >= 11 is 1.71. The molecule has 6 nitrogen and oxygen atoms in total. The van der Waals surface area contributed by atoms with Crippen molar-refractivity contribution in [2.24, 2.45) is 5.73 Å². The highest BCUT2D eigenvalue weighted by Crippen LogP contribution is 2.26. The van der Waals surface area contributed by atoms with Crippen LogP contribution in [0.5, 0.6) is 0 Å². The van der Waals surface area contributed by atoms with Gasteiger partial charge in [-0.2, -0.15) is 11.8 Å². The molecule has 1 aliphatic carbocycles. The molecule has 2 atom stereocenters. The fraction of sp³-hybridized carbons (Fsp3) is 0.409. The summed E-state index contributed by atoms with van der Waals surface area (Å²) < 4.78 is 5.96. The van der Waals surface area contributed by atoms with Crippen molar-refractivity contribution in [1.29, 1.82) is 0 Å². The predicted molar refractivity (Wildman–Crippen MR) is 116 cm³/mol. The Morgan fingerprint density at radius 1 is 1.34 bits per heavy atom. The van der Waals surface area contributed by atoms with Crippen LogP contribution in [0.4, 0.5) is 0 Å². The van der Waals surface area contributed by atoms with Crippen LogP contribution in [-0.4, -0.2) is 28.1 Å². The summed E-state index contributed by atoms with van der Waals surface area (Å²) in [4.78, 5) is 12.7. The van der Waals surface area contributed by atoms with Crippen LogP contribution in [0, 0.1) is 0 Å². The van der Waals surface area contributed by atoms with E-state index in [-0.39, 0.29) is 11.9 Å². The maximum atomic E-state index is 12.7. The van der Waals surface area contributed by atoms with E-state index in [0.29, 0.717) is 24.6 Å². The first-order valence-corrected chi connectivity index (χ1v) is 11.2. The lowest BCUT2D eigenvalue weighted by Gasteiger charge is -2.20. The number of hydrogen-bond donors (Lipinski definition) is 2. The average molecular weight is 413 g/mol. The highest BCUT2D eigenvalue weighted by molar-refractivity contribution is 7.98. The average Bonchev–Trinajstić information content (AvgIpc) is 3.23. The number of carbonyl (C=O) groups is 1. The van der Waals surface area contributed by atoms with E-state index in [1.165, 1.54) is 0 Å². The van der Waals surface area contributed by atoms with Crippen LogP contribution in [-0.2, 0) is 16.8 Å². The number of nitrogens with one attached hydrogen (secondary N) is 1. The summed E-state index contributed by atoms with van der Waals surface area (Å²) in [6, 6.07) is 9.64. The third-order valence-corrected chi connectivity index (χ3v) is 5.51. The molecular weight excluding hydrogens is 384 g/mol. The van der Waals surface area contributed by atoms with Crippen molar-refractivity contribution >= 4 is 17.7 Å². The zero-order chi connectivity index (χ0) is 20.7. The van der Waals surface area contributed by atoms with Crippen LogP contribution in [0.2, 0.25) is 0 Å². The normalized spacial score (nSPS) is 16.7. The van der Waals surface area contributed by atoms with Crippen LogP contribution >= 0.6 is 11.8 Å². The number of allylic oxidation sites excluding steroid dienone is 3. The molecule has 7 heteroatoms. The number of benzene rings is 1. The van der Waals surface area contributed by atoms with Crippen molar-refractivity contribution in [2.45, 2.75) is 44.2 Å². The molecule has 3 N–H and O–H groups in total. The third-order valence-electron chi connectivity index (χ3n) is 4.86. The minimum absolute atomic E-state index is 0.0833. The van der Waals surface area contributed by atoms with Gasteiger partial charge < -0.3 is 15.5 Å². The van der Waals surface area contributed by atoms with Crippen LogP contribution in [0.1, 0.15) is 49.6 Å². The highest BCUT2D eigenvalue weighted by atomic mass is 32.2. The van der Waals surface area contributed by atoms with Crippen molar-refractivity contribution < 1.29 is 9.21 Å².